The predicted molar refractivity (Wildman–Crippen MR) is 108 cm³/mol. The molecule has 2 aromatic carbocycles. The lowest BCUT2D eigenvalue weighted by molar-refractivity contribution is 0.159. The second kappa shape index (κ2) is 10.2. The molecule has 2 rings (SSSR count). The van der Waals surface area contributed by atoms with Gasteiger partial charge in [0.2, 0.25) is 0 Å². The van der Waals surface area contributed by atoms with Crippen LogP contribution >= 0.6 is 11.6 Å². The topological polar surface area (TPSA) is 84.5 Å². The zero-order valence-corrected chi connectivity index (χ0v) is 16.6. The fourth-order valence-electron chi connectivity index (χ4n) is 2.31. The summed E-state index contributed by atoms with van der Waals surface area (Å²) >= 11 is 5.98. The van der Waals surface area contributed by atoms with Gasteiger partial charge in [-0.2, -0.15) is 0 Å². The number of carbonyl (C=O) groups excluding carboxylic acids is 1. The monoisotopic (exact) mass is 410 g/mol. The quantitative estimate of drug-likeness (QED) is 0.551. The molecule has 2 aromatic rings. The highest BCUT2D eigenvalue weighted by Gasteiger charge is 2.15. The van der Waals surface area contributed by atoms with Gasteiger partial charge in [-0.3, -0.25) is 10.0 Å². The highest BCUT2D eigenvalue weighted by molar-refractivity contribution is 7.92. The van der Waals surface area contributed by atoms with Crippen molar-refractivity contribution < 1.29 is 17.9 Å². The molecule has 0 radical (unpaired) electrons. The maximum absolute atomic E-state index is 12.4. The maximum Gasteiger partial charge on any atom is 0.411 e. The molecule has 0 aromatic heterocycles. The van der Waals surface area contributed by atoms with Gasteiger partial charge in [0.25, 0.3) is 10.0 Å². The number of para-hydroxylation sites is 1. The molecule has 0 unspecified atom stereocenters. The number of carbonyl (C=O) groups is 1. The van der Waals surface area contributed by atoms with Crippen molar-refractivity contribution in [3.63, 3.8) is 0 Å². The number of amides is 1. The van der Waals surface area contributed by atoms with Crippen molar-refractivity contribution in [1.29, 1.82) is 0 Å². The SMILES string of the molecule is CCCCCCOC(=O)Nc1ccc(S(=O)(=O)Nc2ccccc2Cl)cc1. The number of nitrogens with one attached hydrogen (secondary N) is 2. The van der Waals surface area contributed by atoms with Crippen LogP contribution in [0.5, 0.6) is 0 Å². The molecule has 0 heterocycles. The van der Waals surface area contributed by atoms with Gasteiger partial charge < -0.3 is 4.74 Å². The minimum Gasteiger partial charge on any atom is -0.449 e. The van der Waals surface area contributed by atoms with E-state index in [1.807, 2.05) is 0 Å². The van der Waals surface area contributed by atoms with E-state index in [1.54, 1.807) is 24.3 Å². The van der Waals surface area contributed by atoms with Crippen LogP contribution in [-0.4, -0.2) is 21.1 Å². The Hall–Kier alpha value is -2.25. The normalized spacial score (nSPS) is 11.0. The van der Waals surface area contributed by atoms with Crippen LogP contribution in [0.15, 0.2) is 53.4 Å². The third-order valence-electron chi connectivity index (χ3n) is 3.76. The summed E-state index contributed by atoms with van der Waals surface area (Å²) in [5, 5.41) is 2.88. The molecule has 8 heteroatoms. The lowest BCUT2D eigenvalue weighted by Crippen LogP contribution is -2.15. The summed E-state index contributed by atoms with van der Waals surface area (Å²) in [6.45, 7) is 2.47. The average Bonchev–Trinajstić information content (AvgIpc) is 2.64. The third kappa shape index (κ3) is 6.77. The van der Waals surface area contributed by atoms with Crippen molar-refractivity contribution >= 4 is 39.1 Å². The predicted octanol–water partition coefficient (Wildman–Crippen LogP) is 5.27. The third-order valence-corrected chi connectivity index (χ3v) is 5.47. The summed E-state index contributed by atoms with van der Waals surface area (Å²) in [4.78, 5) is 11.8. The summed E-state index contributed by atoms with van der Waals surface area (Å²) in [6, 6.07) is 12.4. The first-order valence-electron chi connectivity index (χ1n) is 8.73. The highest BCUT2D eigenvalue weighted by atomic mass is 35.5. The summed E-state index contributed by atoms with van der Waals surface area (Å²) in [6.07, 6.45) is 3.52. The first kappa shape index (κ1) is 21.1. The Labute approximate surface area is 164 Å². The number of anilines is 2. The van der Waals surface area contributed by atoms with E-state index >= 15 is 0 Å². The number of unbranched alkanes of at least 4 members (excludes halogenated alkanes) is 3. The van der Waals surface area contributed by atoms with Gasteiger partial charge in [-0.25, -0.2) is 13.2 Å². The fraction of sp³-hybridized carbons (Fsp3) is 0.316. The van der Waals surface area contributed by atoms with E-state index in [9.17, 15) is 13.2 Å². The highest BCUT2D eigenvalue weighted by Crippen LogP contribution is 2.24. The van der Waals surface area contributed by atoms with Gasteiger partial charge in [0.15, 0.2) is 0 Å². The molecule has 6 nitrogen and oxygen atoms in total. The van der Waals surface area contributed by atoms with Crippen molar-refractivity contribution in [2.45, 2.75) is 37.5 Å². The first-order chi connectivity index (χ1) is 12.9. The van der Waals surface area contributed by atoms with Gasteiger partial charge in [0, 0.05) is 5.69 Å². The van der Waals surface area contributed by atoms with Crippen molar-refractivity contribution in [2.24, 2.45) is 0 Å². The van der Waals surface area contributed by atoms with Crippen LogP contribution in [0, 0.1) is 0 Å². The molecule has 0 aliphatic carbocycles. The second-order valence-corrected chi connectivity index (χ2v) is 8.02. The molecule has 0 spiro atoms. The molecule has 0 saturated carbocycles. The van der Waals surface area contributed by atoms with Crippen molar-refractivity contribution in [2.75, 3.05) is 16.6 Å². The van der Waals surface area contributed by atoms with Crippen LogP contribution in [0.25, 0.3) is 0 Å². The molecule has 2 N–H and O–H groups in total. The summed E-state index contributed by atoms with van der Waals surface area (Å²) in [5.41, 5.74) is 0.748. The van der Waals surface area contributed by atoms with Crippen LogP contribution < -0.4 is 10.0 Å². The van der Waals surface area contributed by atoms with E-state index in [2.05, 4.69) is 17.0 Å². The van der Waals surface area contributed by atoms with E-state index < -0.39 is 16.1 Å². The van der Waals surface area contributed by atoms with Crippen LogP contribution in [0.2, 0.25) is 5.02 Å². The van der Waals surface area contributed by atoms with E-state index in [-0.39, 0.29) is 4.90 Å². The molecule has 0 aliphatic rings. The summed E-state index contributed by atoms with van der Waals surface area (Å²) in [7, 11) is -3.78. The Morgan fingerprint density at radius 3 is 2.41 bits per heavy atom. The number of rotatable bonds is 9. The number of benzene rings is 2. The lowest BCUT2D eigenvalue weighted by atomic mass is 10.2. The zero-order chi connectivity index (χ0) is 19.7. The lowest BCUT2D eigenvalue weighted by Gasteiger charge is -2.10. The van der Waals surface area contributed by atoms with Gasteiger partial charge in [-0.1, -0.05) is 49.9 Å². The average molecular weight is 411 g/mol. The number of ether oxygens (including phenoxy) is 1. The molecule has 27 heavy (non-hydrogen) atoms. The molecular formula is C19H23ClN2O4S. The van der Waals surface area contributed by atoms with Crippen LogP contribution in [0.4, 0.5) is 16.2 Å². The molecule has 0 saturated heterocycles. The van der Waals surface area contributed by atoms with Crippen molar-refractivity contribution in [3.05, 3.63) is 53.6 Å². The second-order valence-electron chi connectivity index (χ2n) is 5.93. The molecule has 1 amide bonds. The Morgan fingerprint density at radius 1 is 1.04 bits per heavy atom. The number of hydrogen-bond acceptors (Lipinski definition) is 4. The van der Waals surface area contributed by atoms with E-state index in [0.29, 0.717) is 23.0 Å². The summed E-state index contributed by atoms with van der Waals surface area (Å²) in [5.74, 6) is 0. The fourth-order valence-corrected chi connectivity index (χ4v) is 3.63. The Morgan fingerprint density at radius 2 is 1.74 bits per heavy atom. The van der Waals surface area contributed by atoms with Gasteiger partial charge in [-0.05, 0) is 42.8 Å². The van der Waals surface area contributed by atoms with Crippen LogP contribution in [0.1, 0.15) is 32.6 Å². The van der Waals surface area contributed by atoms with Gasteiger partial charge >= 0.3 is 6.09 Å². The molecule has 0 atom stereocenters. The van der Waals surface area contributed by atoms with Crippen LogP contribution in [0.3, 0.4) is 0 Å². The molecule has 146 valence electrons. The molecular weight excluding hydrogens is 388 g/mol. The van der Waals surface area contributed by atoms with Crippen molar-refractivity contribution in [1.82, 2.24) is 0 Å². The molecule has 0 fully saturated rings. The van der Waals surface area contributed by atoms with Gasteiger partial charge in [-0.15, -0.1) is 0 Å². The molecule has 0 bridgehead atoms. The van der Waals surface area contributed by atoms with Gasteiger partial charge in [0.05, 0.1) is 22.2 Å². The zero-order valence-electron chi connectivity index (χ0n) is 15.1. The number of halogens is 1. The van der Waals surface area contributed by atoms with E-state index in [0.717, 1.165) is 25.7 Å². The largest absolute Gasteiger partial charge is 0.449 e. The number of sulfonamides is 1. The van der Waals surface area contributed by atoms with Crippen LogP contribution in [-0.2, 0) is 14.8 Å². The Bertz CT molecular complexity index is 854. The Balaban J connectivity index is 1.92. The summed E-state index contributed by atoms with van der Waals surface area (Å²) < 4.78 is 32.4. The van der Waals surface area contributed by atoms with Gasteiger partial charge in [0.1, 0.15) is 0 Å². The van der Waals surface area contributed by atoms with E-state index in [1.165, 1.54) is 24.3 Å². The molecule has 0 aliphatic heterocycles. The number of hydrogen-bond donors (Lipinski definition) is 2. The van der Waals surface area contributed by atoms with E-state index in [4.69, 9.17) is 16.3 Å². The first-order valence-corrected chi connectivity index (χ1v) is 10.6. The Kier molecular flexibility index (Phi) is 7.94. The minimum atomic E-state index is -3.78. The standard InChI is InChI=1S/C19H23ClN2O4S/c1-2-3-4-7-14-26-19(23)21-15-10-12-16(13-11-15)27(24,25)22-18-9-6-5-8-17(18)20/h5-6,8-13,22H,2-4,7,14H2,1H3,(H,21,23). The van der Waals surface area contributed by atoms with Crippen molar-refractivity contribution in [3.8, 4) is 0 Å². The smallest absolute Gasteiger partial charge is 0.411 e. The maximum atomic E-state index is 12.4. The minimum absolute atomic E-state index is 0.0564.